The number of carbonyl (C=O) groups excluding carboxylic acids is 1. The van der Waals surface area contributed by atoms with Crippen molar-refractivity contribution in [1.82, 2.24) is 9.78 Å². The molecule has 1 aliphatic carbocycles. The lowest BCUT2D eigenvalue weighted by atomic mass is 9.92. The van der Waals surface area contributed by atoms with Gasteiger partial charge in [-0.25, -0.2) is 0 Å². The van der Waals surface area contributed by atoms with Gasteiger partial charge in [0.05, 0.1) is 11.9 Å². The number of aromatic nitrogens is 2. The number of aryl methyl sites for hydroxylation is 1. The van der Waals surface area contributed by atoms with Gasteiger partial charge in [-0.15, -0.1) is 0 Å². The van der Waals surface area contributed by atoms with Crippen molar-refractivity contribution in [1.29, 1.82) is 0 Å². The zero-order chi connectivity index (χ0) is 20.0. The highest BCUT2D eigenvalue weighted by Crippen LogP contribution is 2.46. The molecule has 1 saturated carbocycles. The Kier molecular flexibility index (Phi) is 4.38. The molecule has 148 valence electrons. The Morgan fingerprint density at radius 2 is 1.90 bits per heavy atom. The minimum absolute atomic E-state index is 0.194. The summed E-state index contributed by atoms with van der Waals surface area (Å²) in [4.78, 5) is 15.0. The number of ether oxygens (including phenoxy) is 1. The fourth-order valence-corrected chi connectivity index (χ4v) is 4.18. The van der Waals surface area contributed by atoms with Crippen molar-refractivity contribution >= 4 is 11.6 Å². The zero-order valence-electron chi connectivity index (χ0n) is 16.8. The number of carbonyl (C=O) groups is 1. The monoisotopic (exact) mass is 387 g/mol. The van der Waals surface area contributed by atoms with Crippen LogP contribution in [0, 0.1) is 5.92 Å². The number of para-hydroxylation sites is 1. The molecule has 2 aromatic carbocycles. The van der Waals surface area contributed by atoms with Crippen molar-refractivity contribution in [3.8, 4) is 22.6 Å². The summed E-state index contributed by atoms with van der Waals surface area (Å²) in [5.41, 5.74) is 4.13. The fraction of sp³-hybridized carbons (Fsp3) is 0.333. The molecule has 5 heteroatoms. The van der Waals surface area contributed by atoms with E-state index in [4.69, 9.17) is 4.74 Å². The van der Waals surface area contributed by atoms with Crippen LogP contribution in [0.1, 0.15) is 31.7 Å². The predicted octanol–water partition coefficient (Wildman–Crippen LogP) is 4.96. The van der Waals surface area contributed by atoms with Gasteiger partial charge in [0.1, 0.15) is 11.5 Å². The number of anilines is 1. The van der Waals surface area contributed by atoms with E-state index in [1.807, 2.05) is 54.7 Å². The summed E-state index contributed by atoms with van der Waals surface area (Å²) in [6.45, 7) is 2.15. The van der Waals surface area contributed by atoms with Gasteiger partial charge in [0, 0.05) is 41.9 Å². The van der Waals surface area contributed by atoms with Gasteiger partial charge >= 0.3 is 0 Å². The molecule has 0 spiro atoms. The summed E-state index contributed by atoms with van der Waals surface area (Å²) in [6, 6.07) is 14.2. The van der Waals surface area contributed by atoms with E-state index in [1.165, 1.54) is 0 Å². The van der Waals surface area contributed by atoms with Gasteiger partial charge in [-0.1, -0.05) is 18.2 Å². The Morgan fingerprint density at radius 1 is 1.10 bits per heavy atom. The minimum Gasteiger partial charge on any atom is -0.456 e. The minimum atomic E-state index is 0.194. The lowest BCUT2D eigenvalue weighted by molar-refractivity contribution is -0.120. The molecule has 29 heavy (non-hydrogen) atoms. The van der Waals surface area contributed by atoms with E-state index in [0.29, 0.717) is 0 Å². The number of nitrogens with zero attached hydrogens (tertiary/aromatic N) is 3. The van der Waals surface area contributed by atoms with Crippen molar-refractivity contribution < 1.29 is 9.53 Å². The van der Waals surface area contributed by atoms with E-state index in [2.05, 4.69) is 24.2 Å². The Hall–Kier alpha value is -3.08. The predicted molar refractivity (Wildman–Crippen MR) is 113 cm³/mol. The summed E-state index contributed by atoms with van der Waals surface area (Å²) in [5.74, 6) is 2.09. The smallest absolute Gasteiger partial charge is 0.230 e. The van der Waals surface area contributed by atoms with Crippen LogP contribution in [0.4, 0.5) is 5.69 Å². The Bertz CT molecular complexity index is 1050. The van der Waals surface area contributed by atoms with E-state index < -0.39 is 0 Å². The summed E-state index contributed by atoms with van der Waals surface area (Å²) < 4.78 is 8.23. The summed E-state index contributed by atoms with van der Waals surface area (Å²) in [6.07, 6.45) is 7.71. The van der Waals surface area contributed by atoms with Crippen LogP contribution in [0.25, 0.3) is 11.1 Å². The first-order valence-corrected chi connectivity index (χ1v) is 10.3. The molecule has 1 atom stereocenters. The van der Waals surface area contributed by atoms with E-state index in [-0.39, 0.29) is 17.9 Å². The lowest BCUT2D eigenvalue weighted by Crippen LogP contribution is -2.43. The molecule has 1 amide bonds. The summed E-state index contributed by atoms with van der Waals surface area (Å²) in [5, 5.41) is 4.34. The average molecular weight is 387 g/mol. The SMILES string of the molecule is C[C@H]1CCc2c(ccc(-c3cnn(C)c3)c2Oc2ccccc2)N1C(=O)C1CC1. The van der Waals surface area contributed by atoms with Gasteiger partial charge in [0.25, 0.3) is 0 Å². The quantitative estimate of drug-likeness (QED) is 0.636. The molecule has 0 bridgehead atoms. The first-order chi connectivity index (χ1) is 14.1. The highest BCUT2D eigenvalue weighted by molar-refractivity contribution is 5.99. The van der Waals surface area contributed by atoms with Crippen LogP contribution in [0.2, 0.25) is 0 Å². The molecule has 0 radical (unpaired) electrons. The fourth-order valence-electron chi connectivity index (χ4n) is 4.18. The summed E-state index contributed by atoms with van der Waals surface area (Å²) >= 11 is 0. The van der Waals surface area contributed by atoms with Crippen LogP contribution in [-0.4, -0.2) is 21.7 Å². The van der Waals surface area contributed by atoms with E-state index in [0.717, 1.165) is 59.6 Å². The number of hydrogen-bond acceptors (Lipinski definition) is 3. The van der Waals surface area contributed by atoms with Crippen molar-refractivity contribution in [3.05, 3.63) is 60.4 Å². The van der Waals surface area contributed by atoms with E-state index in [9.17, 15) is 4.79 Å². The van der Waals surface area contributed by atoms with E-state index in [1.54, 1.807) is 4.68 Å². The molecule has 1 aliphatic heterocycles. The van der Waals surface area contributed by atoms with Crippen LogP contribution >= 0.6 is 0 Å². The van der Waals surface area contributed by atoms with Gasteiger partial charge in [-0.05, 0) is 56.9 Å². The topological polar surface area (TPSA) is 47.4 Å². The maximum Gasteiger partial charge on any atom is 0.230 e. The van der Waals surface area contributed by atoms with Crippen molar-refractivity contribution in [2.24, 2.45) is 13.0 Å². The van der Waals surface area contributed by atoms with Crippen LogP contribution in [0.15, 0.2) is 54.9 Å². The first-order valence-electron chi connectivity index (χ1n) is 10.3. The van der Waals surface area contributed by atoms with Gasteiger partial charge in [-0.2, -0.15) is 5.10 Å². The molecular formula is C24H25N3O2. The average Bonchev–Trinajstić information content (AvgIpc) is 3.49. The molecule has 0 unspecified atom stereocenters. The summed E-state index contributed by atoms with van der Waals surface area (Å²) in [7, 11) is 1.91. The van der Waals surface area contributed by atoms with Crippen LogP contribution in [0.5, 0.6) is 11.5 Å². The normalized spacial score (nSPS) is 18.4. The third-order valence-electron chi connectivity index (χ3n) is 5.89. The van der Waals surface area contributed by atoms with Gasteiger partial charge < -0.3 is 9.64 Å². The Labute approximate surface area is 170 Å². The molecule has 2 heterocycles. The standard InChI is InChI=1S/C24H25N3O2/c1-16-8-11-21-22(27(16)24(28)17-9-10-17)13-12-20(18-14-25-26(2)15-18)23(21)29-19-6-4-3-5-7-19/h3-7,12-17H,8-11H2,1-2H3/t16-/m0/s1. The third-order valence-corrected chi connectivity index (χ3v) is 5.89. The molecule has 5 rings (SSSR count). The second kappa shape index (κ2) is 7.07. The molecule has 0 saturated heterocycles. The van der Waals surface area contributed by atoms with E-state index >= 15 is 0 Å². The van der Waals surface area contributed by atoms with Crippen LogP contribution in [0.3, 0.4) is 0 Å². The number of hydrogen-bond donors (Lipinski definition) is 0. The first kappa shape index (κ1) is 18.0. The number of rotatable bonds is 4. The molecule has 0 N–H and O–H groups in total. The zero-order valence-corrected chi connectivity index (χ0v) is 16.8. The molecule has 5 nitrogen and oxygen atoms in total. The number of amides is 1. The number of fused-ring (bicyclic) bond motifs is 1. The molecule has 2 aliphatic rings. The van der Waals surface area contributed by atoms with Gasteiger partial charge in [0.2, 0.25) is 5.91 Å². The second-order valence-electron chi connectivity index (χ2n) is 8.13. The van der Waals surface area contributed by atoms with Gasteiger partial charge in [-0.3, -0.25) is 9.48 Å². The second-order valence-corrected chi connectivity index (χ2v) is 8.13. The van der Waals surface area contributed by atoms with Crippen molar-refractivity contribution in [2.45, 2.75) is 38.6 Å². The third kappa shape index (κ3) is 3.31. The molecule has 3 aromatic rings. The molecule has 1 fully saturated rings. The highest BCUT2D eigenvalue weighted by atomic mass is 16.5. The Balaban J connectivity index is 1.65. The maximum absolute atomic E-state index is 13.0. The van der Waals surface area contributed by atoms with Crippen LogP contribution in [-0.2, 0) is 18.3 Å². The largest absolute Gasteiger partial charge is 0.456 e. The van der Waals surface area contributed by atoms with Gasteiger partial charge in [0.15, 0.2) is 0 Å². The number of benzene rings is 2. The molecule has 1 aromatic heterocycles. The van der Waals surface area contributed by atoms with Crippen LogP contribution < -0.4 is 9.64 Å². The lowest BCUT2D eigenvalue weighted by Gasteiger charge is -2.36. The molecular weight excluding hydrogens is 362 g/mol. The maximum atomic E-state index is 13.0. The van der Waals surface area contributed by atoms with Crippen molar-refractivity contribution in [3.63, 3.8) is 0 Å². The highest BCUT2D eigenvalue weighted by Gasteiger charge is 2.39. The van der Waals surface area contributed by atoms with Crippen molar-refractivity contribution in [2.75, 3.05) is 4.90 Å². The Morgan fingerprint density at radius 3 is 2.59 bits per heavy atom.